The summed E-state index contributed by atoms with van der Waals surface area (Å²) in [6.07, 6.45) is 1.24. The van der Waals surface area contributed by atoms with E-state index < -0.39 is 0 Å². The largest absolute Gasteiger partial charge is 0.390 e. The Morgan fingerprint density at radius 2 is 2.47 bits per heavy atom. The van der Waals surface area contributed by atoms with E-state index >= 15 is 0 Å². The van der Waals surface area contributed by atoms with Crippen LogP contribution in [0.1, 0.15) is 11.3 Å². The van der Waals surface area contributed by atoms with Crippen molar-refractivity contribution in [2.75, 3.05) is 13.7 Å². The normalized spacial score (nSPS) is 30.1. The molecule has 0 radical (unpaired) electrons. The number of hydrogen-bond donors (Lipinski definition) is 1. The van der Waals surface area contributed by atoms with Crippen LogP contribution in [0.2, 0.25) is 0 Å². The second kappa shape index (κ2) is 5.07. The SMILES string of the molecule is COC1C(O)CC1OCCc1cccs1. The van der Waals surface area contributed by atoms with Crippen molar-refractivity contribution in [1.29, 1.82) is 0 Å². The highest BCUT2D eigenvalue weighted by atomic mass is 32.1. The van der Waals surface area contributed by atoms with Crippen molar-refractivity contribution in [1.82, 2.24) is 0 Å². The summed E-state index contributed by atoms with van der Waals surface area (Å²) in [4.78, 5) is 1.34. The summed E-state index contributed by atoms with van der Waals surface area (Å²) in [6, 6.07) is 4.16. The highest BCUT2D eigenvalue weighted by Crippen LogP contribution is 2.26. The van der Waals surface area contributed by atoms with Crippen LogP contribution in [0.25, 0.3) is 0 Å². The summed E-state index contributed by atoms with van der Waals surface area (Å²) in [5.41, 5.74) is 0. The summed E-state index contributed by atoms with van der Waals surface area (Å²) in [5, 5.41) is 11.4. The average molecular weight is 228 g/mol. The number of rotatable bonds is 5. The third kappa shape index (κ3) is 2.58. The predicted molar refractivity (Wildman–Crippen MR) is 59.2 cm³/mol. The quantitative estimate of drug-likeness (QED) is 0.829. The first-order chi connectivity index (χ1) is 7.31. The fourth-order valence-corrected chi connectivity index (χ4v) is 2.49. The van der Waals surface area contributed by atoms with Crippen molar-refractivity contribution >= 4 is 11.3 Å². The van der Waals surface area contributed by atoms with Crippen molar-refractivity contribution in [2.24, 2.45) is 0 Å². The molecule has 0 saturated heterocycles. The molecule has 1 aromatic heterocycles. The van der Waals surface area contributed by atoms with Gasteiger partial charge in [0, 0.05) is 24.8 Å². The lowest BCUT2D eigenvalue weighted by molar-refractivity contribution is -0.180. The smallest absolute Gasteiger partial charge is 0.109 e. The van der Waals surface area contributed by atoms with Crippen molar-refractivity contribution < 1.29 is 14.6 Å². The molecule has 0 spiro atoms. The lowest BCUT2D eigenvalue weighted by atomic mass is 9.88. The van der Waals surface area contributed by atoms with E-state index in [1.807, 2.05) is 6.07 Å². The molecule has 1 aliphatic carbocycles. The van der Waals surface area contributed by atoms with Crippen LogP contribution >= 0.6 is 11.3 Å². The molecule has 0 amide bonds. The van der Waals surface area contributed by atoms with E-state index in [1.165, 1.54) is 4.88 Å². The summed E-state index contributed by atoms with van der Waals surface area (Å²) in [5.74, 6) is 0. The second-order valence-corrected chi connectivity index (χ2v) is 4.77. The Balaban J connectivity index is 1.66. The third-order valence-corrected chi connectivity index (χ3v) is 3.69. The fourth-order valence-electron chi connectivity index (χ4n) is 1.80. The van der Waals surface area contributed by atoms with Gasteiger partial charge >= 0.3 is 0 Å². The third-order valence-electron chi connectivity index (χ3n) is 2.75. The van der Waals surface area contributed by atoms with Crippen molar-refractivity contribution in [3.8, 4) is 0 Å². The molecule has 3 unspecified atom stereocenters. The minimum atomic E-state index is -0.346. The molecule has 1 aliphatic rings. The predicted octanol–water partition coefficient (Wildman–Crippen LogP) is 1.46. The zero-order chi connectivity index (χ0) is 10.7. The molecule has 1 N–H and O–H groups in total. The van der Waals surface area contributed by atoms with E-state index in [0.29, 0.717) is 13.0 Å². The molecule has 84 valence electrons. The minimum absolute atomic E-state index is 0.0740. The molecule has 4 heteroatoms. The highest BCUT2D eigenvalue weighted by molar-refractivity contribution is 7.09. The van der Waals surface area contributed by atoms with Crippen molar-refractivity contribution in [3.05, 3.63) is 22.4 Å². The molecule has 0 aromatic carbocycles. The van der Waals surface area contributed by atoms with E-state index in [9.17, 15) is 5.11 Å². The number of ether oxygens (including phenoxy) is 2. The first-order valence-corrected chi connectivity index (χ1v) is 6.04. The molecular formula is C11H16O3S. The zero-order valence-electron chi connectivity index (χ0n) is 8.76. The van der Waals surface area contributed by atoms with Gasteiger partial charge in [0.1, 0.15) is 6.10 Å². The lowest BCUT2D eigenvalue weighted by Gasteiger charge is -2.39. The summed E-state index contributed by atoms with van der Waals surface area (Å²) >= 11 is 1.75. The number of thiophene rings is 1. The van der Waals surface area contributed by atoms with E-state index in [4.69, 9.17) is 9.47 Å². The van der Waals surface area contributed by atoms with Gasteiger partial charge in [0.2, 0.25) is 0 Å². The lowest BCUT2D eigenvalue weighted by Crippen LogP contribution is -2.53. The maximum absolute atomic E-state index is 9.36. The first-order valence-electron chi connectivity index (χ1n) is 5.16. The molecule has 0 bridgehead atoms. The Bertz CT molecular complexity index is 286. The Labute approximate surface area is 93.6 Å². The molecule has 1 heterocycles. The van der Waals surface area contributed by atoms with Crippen LogP contribution in [-0.2, 0) is 15.9 Å². The van der Waals surface area contributed by atoms with Gasteiger partial charge in [-0.05, 0) is 11.4 Å². The summed E-state index contributed by atoms with van der Waals surface area (Å²) in [7, 11) is 1.61. The maximum Gasteiger partial charge on any atom is 0.109 e. The van der Waals surface area contributed by atoms with Crippen LogP contribution in [0.15, 0.2) is 17.5 Å². The van der Waals surface area contributed by atoms with Gasteiger partial charge in [-0.3, -0.25) is 0 Å². The van der Waals surface area contributed by atoms with E-state index in [0.717, 1.165) is 6.42 Å². The molecule has 1 saturated carbocycles. The molecule has 3 atom stereocenters. The van der Waals surface area contributed by atoms with Gasteiger partial charge in [0.25, 0.3) is 0 Å². The number of aliphatic hydroxyl groups is 1. The van der Waals surface area contributed by atoms with E-state index in [1.54, 1.807) is 18.4 Å². The Morgan fingerprint density at radius 3 is 3.07 bits per heavy atom. The van der Waals surface area contributed by atoms with E-state index in [-0.39, 0.29) is 18.3 Å². The molecule has 0 aliphatic heterocycles. The van der Waals surface area contributed by atoms with Gasteiger partial charge in [-0.2, -0.15) is 0 Å². The van der Waals surface area contributed by atoms with Crippen LogP contribution in [-0.4, -0.2) is 37.1 Å². The van der Waals surface area contributed by atoms with Crippen LogP contribution in [0.5, 0.6) is 0 Å². The maximum atomic E-state index is 9.36. The summed E-state index contributed by atoms with van der Waals surface area (Å²) in [6.45, 7) is 0.706. The van der Waals surface area contributed by atoms with Crippen LogP contribution in [0.3, 0.4) is 0 Å². The van der Waals surface area contributed by atoms with Crippen molar-refractivity contribution in [2.45, 2.75) is 31.2 Å². The molecule has 1 fully saturated rings. The van der Waals surface area contributed by atoms with Crippen LogP contribution in [0.4, 0.5) is 0 Å². The fraction of sp³-hybridized carbons (Fsp3) is 0.636. The Hall–Kier alpha value is -0.420. The average Bonchev–Trinajstić information content (AvgIpc) is 2.69. The van der Waals surface area contributed by atoms with Gasteiger partial charge in [0.15, 0.2) is 0 Å². The van der Waals surface area contributed by atoms with Crippen molar-refractivity contribution in [3.63, 3.8) is 0 Å². The number of hydrogen-bond acceptors (Lipinski definition) is 4. The highest BCUT2D eigenvalue weighted by Gasteiger charge is 2.40. The van der Waals surface area contributed by atoms with E-state index in [2.05, 4.69) is 11.4 Å². The molecule has 3 nitrogen and oxygen atoms in total. The topological polar surface area (TPSA) is 38.7 Å². The number of aliphatic hydroxyl groups excluding tert-OH is 1. The second-order valence-electron chi connectivity index (χ2n) is 3.74. The molecular weight excluding hydrogens is 212 g/mol. The number of methoxy groups -OCH3 is 1. The minimum Gasteiger partial charge on any atom is -0.390 e. The molecule has 1 aromatic rings. The van der Waals surface area contributed by atoms with Gasteiger partial charge in [0.05, 0.1) is 18.8 Å². The molecule has 2 rings (SSSR count). The van der Waals surface area contributed by atoms with Gasteiger partial charge in [-0.25, -0.2) is 0 Å². The monoisotopic (exact) mass is 228 g/mol. The van der Waals surface area contributed by atoms with Crippen LogP contribution < -0.4 is 0 Å². The Kier molecular flexibility index (Phi) is 3.75. The zero-order valence-corrected chi connectivity index (χ0v) is 9.57. The summed E-state index contributed by atoms with van der Waals surface area (Å²) < 4.78 is 10.8. The molecule has 15 heavy (non-hydrogen) atoms. The standard InChI is InChI=1S/C11H16O3S/c1-13-11-9(12)7-10(11)14-5-4-8-3-2-6-15-8/h2-3,6,9-12H,4-5,7H2,1H3. The first kappa shape index (κ1) is 11.1. The van der Waals surface area contributed by atoms with Gasteiger partial charge < -0.3 is 14.6 Å². The van der Waals surface area contributed by atoms with Crippen LogP contribution in [0, 0.1) is 0 Å². The Morgan fingerprint density at radius 1 is 1.60 bits per heavy atom. The van der Waals surface area contributed by atoms with Gasteiger partial charge in [-0.1, -0.05) is 6.07 Å². The van der Waals surface area contributed by atoms with Gasteiger partial charge in [-0.15, -0.1) is 11.3 Å².